The van der Waals surface area contributed by atoms with Crippen molar-refractivity contribution < 1.29 is 9.59 Å². The summed E-state index contributed by atoms with van der Waals surface area (Å²) in [6, 6.07) is 7.46. The molecule has 0 aliphatic carbocycles. The van der Waals surface area contributed by atoms with Crippen LogP contribution in [0.1, 0.15) is 37.2 Å². The number of anilines is 1. The van der Waals surface area contributed by atoms with Gasteiger partial charge in [-0.15, -0.1) is 0 Å². The van der Waals surface area contributed by atoms with Gasteiger partial charge in [0.1, 0.15) is 12.2 Å². The van der Waals surface area contributed by atoms with Crippen LogP contribution < -0.4 is 10.6 Å². The zero-order valence-corrected chi connectivity index (χ0v) is 14.9. The van der Waals surface area contributed by atoms with E-state index in [1.54, 1.807) is 16.6 Å². The molecule has 1 atom stereocenters. The highest BCUT2D eigenvalue weighted by atomic mass is 16.2. The van der Waals surface area contributed by atoms with Crippen molar-refractivity contribution in [2.24, 2.45) is 7.05 Å². The molecule has 0 radical (unpaired) electrons. The van der Waals surface area contributed by atoms with E-state index in [4.69, 9.17) is 0 Å². The standard InChI is InChI=1S/C18H22N6O2/c1-12(15-19-11-20-23(15)2)21-17(26)24-9-7-18(8-10-24)13-5-3-4-6-14(13)22-16(18)25/h3-6,11-12H,7-10H2,1-2H3,(H,21,26)(H,22,25)/t12-/m1/s1. The maximum absolute atomic E-state index is 12.6. The number of amides is 3. The number of urea groups is 1. The van der Waals surface area contributed by atoms with Crippen LogP contribution in [-0.2, 0) is 17.3 Å². The van der Waals surface area contributed by atoms with E-state index in [2.05, 4.69) is 20.7 Å². The summed E-state index contributed by atoms with van der Waals surface area (Å²) in [6.07, 6.45) is 2.72. The minimum absolute atomic E-state index is 0.0474. The van der Waals surface area contributed by atoms with Crippen LogP contribution in [0, 0.1) is 0 Å². The zero-order valence-electron chi connectivity index (χ0n) is 14.9. The van der Waals surface area contributed by atoms with Gasteiger partial charge in [-0.05, 0) is 31.4 Å². The van der Waals surface area contributed by atoms with Gasteiger partial charge >= 0.3 is 6.03 Å². The number of carbonyl (C=O) groups excluding carboxylic acids is 2. The number of aryl methyl sites for hydroxylation is 1. The number of para-hydroxylation sites is 1. The van der Waals surface area contributed by atoms with Gasteiger partial charge in [0.2, 0.25) is 5.91 Å². The lowest BCUT2D eigenvalue weighted by molar-refractivity contribution is -0.122. The van der Waals surface area contributed by atoms with Crippen LogP contribution >= 0.6 is 0 Å². The average Bonchev–Trinajstić information content (AvgIpc) is 3.18. The zero-order chi connectivity index (χ0) is 18.3. The van der Waals surface area contributed by atoms with Crippen molar-refractivity contribution in [1.82, 2.24) is 25.0 Å². The van der Waals surface area contributed by atoms with E-state index in [0.29, 0.717) is 31.8 Å². The molecule has 2 aliphatic rings. The van der Waals surface area contributed by atoms with Crippen LogP contribution in [0.2, 0.25) is 0 Å². The molecule has 2 aliphatic heterocycles. The lowest BCUT2D eigenvalue weighted by atomic mass is 9.74. The first-order valence-electron chi connectivity index (χ1n) is 8.81. The Hall–Kier alpha value is -2.90. The second-order valence-corrected chi connectivity index (χ2v) is 6.98. The third kappa shape index (κ3) is 2.53. The average molecular weight is 354 g/mol. The summed E-state index contributed by atoms with van der Waals surface area (Å²) in [7, 11) is 1.80. The Morgan fingerprint density at radius 2 is 2.04 bits per heavy atom. The van der Waals surface area contributed by atoms with Crippen molar-refractivity contribution in [3.8, 4) is 0 Å². The molecule has 1 saturated heterocycles. The summed E-state index contributed by atoms with van der Waals surface area (Å²) in [4.78, 5) is 31.2. The highest BCUT2D eigenvalue weighted by Gasteiger charge is 2.48. The minimum atomic E-state index is -0.511. The second-order valence-electron chi connectivity index (χ2n) is 6.98. The Morgan fingerprint density at radius 3 is 2.73 bits per heavy atom. The number of hydrogen-bond acceptors (Lipinski definition) is 4. The smallest absolute Gasteiger partial charge is 0.317 e. The Morgan fingerprint density at radius 1 is 1.31 bits per heavy atom. The Bertz CT molecular complexity index is 853. The van der Waals surface area contributed by atoms with Gasteiger partial charge in [-0.1, -0.05) is 18.2 Å². The molecule has 1 aromatic heterocycles. The van der Waals surface area contributed by atoms with Crippen LogP contribution in [0.5, 0.6) is 0 Å². The van der Waals surface area contributed by atoms with Crippen LogP contribution in [-0.4, -0.2) is 44.7 Å². The van der Waals surface area contributed by atoms with E-state index in [1.807, 2.05) is 31.2 Å². The summed E-state index contributed by atoms with van der Waals surface area (Å²) in [6.45, 7) is 2.96. The molecule has 2 N–H and O–H groups in total. The van der Waals surface area contributed by atoms with Gasteiger partial charge in [0.15, 0.2) is 0 Å². The molecule has 1 spiro atoms. The van der Waals surface area contributed by atoms with Crippen molar-refractivity contribution in [3.63, 3.8) is 0 Å². The van der Waals surface area contributed by atoms with Gasteiger partial charge in [0, 0.05) is 25.8 Å². The predicted octanol–water partition coefficient (Wildman–Crippen LogP) is 1.57. The van der Waals surface area contributed by atoms with E-state index in [1.165, 1.54) is 6.33 Å². The molecule has 0 bridgehead atoms. The molecule has 3 heterocycles. The number of piperidine rings is 1. The molecular weight excluding hydrogens is 332 g/mol. The molecular formula is C18H22N6O2. The first-order valence-corrected chi connectivity index (χ1v) is 8.81. The molecule has 1 aromatic carbocycles. The number of benzene rings is 1. The summed E-state index contributed by atoms with van der Waals surface area (Å²) < 4.78 is 1.65. The third-order valence-electron chi connectivity index (χ3n) is 5.50. The lowest BCUT2D eigenvalue weighted by Gasteiger charge is -2.38. The molecule has 3 amide bonds. The Balaban J connectivity index is 1.43. The maximum Gasteiger partial charge on any atom is 0.317 e. The van der Waals surface area contributed by atoms with Crippen molar-refractivity contribution >= 4 is 17.6 Å². The van der Waals surface area contributed by atoms with Crippen LogP contribution in [0.4, 0.5) is 10.5 Å². The number of fused-ring (bicyclic) bond motifs is 2. The van der Waals surface area contributed by atoms with E-state index in [9.17, 15) is 9.59 Å². The van der Waals surface area contributed by atoms with Crippen molar-refractivity contribution in [2.75, 3.05) is 18.4 Å². The maximum atomic E-state index is 12.6. The highest BCUT2D eigenvalue weighted by molar-refractivity contribution is 6.06. The van der Waals surface area contributed by atoms with E-state index in [0.717, 1.165) is 11.3 Å². The number of rotatable bonds is 2. The molecule has 26 heavy (non-hydrogen) atoms. The normalized spacial score (nSPS) is 19.2. The molecule has 8 nitrogen and oxygen atoms in total. The largest absolute Gasteiger partial charge is 0.328 e. The fourth-order valence-electron chi connectivity index (χ4n) is 4.00. The molecule has 0 saturated carbocycles. The first kappa shape index (κ1) is 16.6. The topological polar surface area (TPSA) is 92.2 Å². The van der Waals surface area contributed by atoms with Crippen molar-refractivity contribution in [1.29, 1.82) is 0 Å². The predicted molar refractivity (Wildman–Crippen MR) is 95.5 cm³/mol. The van der Waals surface area contributed by atoms with Crippen LogP contribution in [0.25, 0.3) is 0 Å². The van der Waals surface area contributed by atoms with Gasteiger partial charge in [-0.25, -0.2) is 9.78 Å². The number of nitrogens with zero attached hydrogens (tertiary/aromatic N) is 4. The number of likely N-dealkylation sites (tertiary alicyclic amines) is 1. The van der Waals surface area contributed by atoms with Gasteiger partial charge in [-0.2, -0.15) is 5.10 Å². The van der Waals surface area contributed by atoms with Gasteiger partial charge in [0.05, 0.1) is 11.5 Å². The van der Waals surface area contributed by atoms with Crippen LogP contribution in [0.15, 0.2) is 30.6 Å². The number of hydrogen-bond donors (Lipinski definition) is 2. The monoisotopic (exact) mass is 354 g/mol. The Kier molecular flexibility index (Phi) is 3.90. The van der Waals surface area contributed by atoms with Crippen LogP contribution in [0.3, 0.4) is 0 Å². The molecule has 0 unspecified atom stereocenters. The number of nitrogens with one attached hydrogen (secondary N) is 2. The van der Waals surface area contributed by atoms with Crippen molar-refractivity contribution in [3.05, 3.63) is 42.0 Å². The first-order chi connectivity index (χ1) is 12.5. The fourth-order valence-corrected chi connectivity index (χ4v) is 4.00. The number of carbonyl (C=O) groups is 2. The third-order valence-corrected chi connectivity index (χ3v) is 5.50. The Labute approximate surface area is 151 Å². The SMILES string of the molecule is C[C@@H](NC(=O)N1CCC2(CC1)C(=O)Nc1ccccc12)c1ncnn1C. The fraction of sp³-hybridized carbons (Fsp3) is 0.444. The highest BCUT2D eigenvalue weighted by Crippen LogP contribution is 2.44. The van der Waals surface area contributed by atoms with Gasteiger partial charge in [-0.3, -0.25) is 9.48 Å². The molecule has 2 aromatic rings. The lowest BCUT2D eigenvalue weighted by Crippen LogP contribution is -2.51. The van der Waals surface area contributed by atoms with Gasteiger partial charge < -0.3 is 15.5 Å². The summed E-state index contributed by atoms with van der Waals surface area (Å²) >= 11 is 0. The molecule has 136 valence electrons. The molecule has 1 fully saturated rings. The van der Waals surface area contributed by atoms with E-state index >= 15 is 0 Å². The summed E-state index contributed by atoms with van der Waals surface area (Å²) in [5.74, 6) is 0.752. The summed E-state index contributed by atoms with van der Waals surface area (Å²) in [5, 5.41) is 9.98. The summed E-state index contributed by atoms with van der Waals surface area (Å²) in [5.41, 5.74) is 1.44. The van der Waals surface area contributed by atoms with E-state index in [-0.39, 0.29) is 18.0 Å². The van der Waals surface area contributed by atoms with Crippen molar-refractivity contribution in [2.45, 2.75) is 31.2 Å². The van der Waals surface area contributed by atoms with E-state index < -0.39 is 5.41 Å². The van der Waals surface area contributed by atoms with Gasteiger partial charge in [0.25, 0.3) is 0 Å². The number of aromatic nitrogens is 3. The molecule has 8 heteroatoms. The second kappa shape index (κ2) is 6.12. The minimum Gasteiger partial charge on any atom is -0.328 e. The molecule has 4 rings (SSSR count). The quantitative estimate of drug-likeness (QED) is 0.856.